The van der Waals surface area contributed by atoms with Crippen molar-refractivity contribution in [2.75, 3.05) is 45.2 Å². The summed E-state index contributed by atoms with van der Waals surface area (Å²) in [6.45, 7) is 6.76. The molecule has 1 fully saturated rings. The minimum absolute atomic E-state index is 0.109. The van der Waals surface area contributed by atoms with Crippen LogP contribution in [0, 0.1) is 6.92 Å². The van der Waals surface area contributed by atoms with Crippen LogP contribution in [-0.2, 0) is 17.5 Å². The summed E-state index contributed by atoms with van der Waals surface area (Å²) < 4.78 is 46.4. The molecule has 0 unspecified atom stereocenters. The smallest absolute Gasteiger partial charge is 0.416 e. The molecule has 2 aromatic rings. The van der Waals surface area contributed by atoms with Gasteiger partial charge in [0.05, 0.1) is 17.7 Å². The zero-order valence-electron chi connectivity index (χ0n) is 19.0. The molecule has 33 heavy (non-hydrogen) atoms. The van der Waals surface area contributed by atoms with E-state index in [0.29, 0.717) is 24.3 Å². The van der Waals surface area contributed by atoms with Gasteiger partial charge in [0.1, 0.15) is 0 Å². The van der Waals surface area contributed by atoms with Crippen molar-refractivity contribution in [3.8, 4) is 0 Å². The maximum atomic E-state index is 13.8. The van der Waals surface area contributed by atoms with E-state index in [1.54, 1.807) is 26.0 Å². The number of nitrogens with one attached hydrogen (secondary N) is 1. The first kappa shape index (κ1) is 24.7. The third-order valence-corrected chi connectivity index (χ3v) is 5.66. The van der Waals surface area contributed by atoms with Crippen LogP contribution in [0.2, 0.25) is 0 Å². The molecule has 1 amide bonds. The largest absolute Gasteiger partial charge is 0.462 e. The van der Waals surface area contributed by atoms with E-state index in [0.717, 1.165) is 19.2 Å². The van der Waals surface area contributed by atoms with Crippen LogP contribution >= 0.6 is 0 Å². The number of amides is 1. The quantitative estimate of drug-likeness (QED) is 0.651. The van der Waals surface area contributed by atoms with Crippen LogP contribution in [0.25, 0.3) is 0 Å². The highest BCUT2D eigenvalue weighted by Crippen LogP contribution is 2.33. The Morgan fingerprint density at radius 3 is 2.39 bits per heavy atom. The highest BCUT2D eigenvalue weighted by Gasteiger charge is 2.34. The van der Waals surface area contributed by atoms with Gasteiger partial charge in [0, 0.05) is 44.0 Å². The first-order valence-corrected chi connectivity index (χ1v) is 10.8. The Morgan fingerprint density at radius 2 is 1.76 bits per heavy atom. The van der Waals surface area contributed by atoms with E-state index >= 15 is 0 Å². The van der Waals surface area contributed by atoms with Crippen molar-refractivity contribution in [3.05, 3.63) is 64.2 Å². The van der Waals surface area contributed by atoms with E-state index in [2.05, 4.69) is 10.2 Å². The first-order chi connectivity index (χ1) is 15.6. The van der Waals surface area contributed by atoms with Gasteiger partial charge in [-0.2, -0.15) is 13.2 Å². The number of rotatable bonds is 6. The van der Waals surface area contributed by atoms with Crippen LogP contribution in [-0.4, -0.2) is 61.5 Å². The number of benzene rings is 2. The van der Waals surface area contributed by atoms with Gasteiger partial charge < -0.3 is 15.0 Å². The summed E-state index contributed by atoms with van der Waals surface area (Å²) in [5.41, 5.74) is 0.465. The molecule has 1 heterocycles. The fraction of sp³-hybridized carbons (Fsp3) is 0.417. The SMILES string of the molecule is CCOC(=O)c1cc(NC(=O)c2ccc(CN3CCN(C)CC3)c(C(F)(F)F)c2)ccc1C. The minimum Gasteiger partial charge on any atom is -0.462 e. The van der Waals surface area contributed by atoms with Crippen molar-refractivity contribution < 1.29 is 27.5 Å². The molecule has 1 N–H and O–H groups in total. The highest BCUT2D eigenvalue weighted by molar-refractivity contribution is 6.05. The summed E-state index contributed by atoms with van der Waals surface area (Å²) in [4.78, 5) is 28.9. The number of alkyl halides is 3. The van der Waals surface area contributed by atoms with Crippen molar-refractivity contribution in [1.29, 1.82) is 0 Å². The molecule has 2 aromatic carbocycles. The van der Waals surface area contributed by atoms with Crippen LogP contribution in [0.5, 0.6) is 0 Å². The molecule has 3 rings (SSSR count). The Labute approximate surface area is 191 Å². The lowest BCUT2D eigenvalue weighted by molar-refractivity contribution is -0.138. The molecule has 0 atom stereocenters. The number of aryl methyl sites for hydroxylation is 1. The zero-order valence-corrected chi connectivity index (χ0v) is 19.0. The Bertz CT molecular complexity index is 1020. The van der Waals surface area contributed by atoms with Gasteiger partial charge in [0.25, 0.3) is 5.91 Å². The van der Waals surface area contributed by atoms with Crippen LogP contribution in [0.15, 0.2) is 36.4 Å². The Kier molecular flexibility index (Phi) is 7.76. The van der Waals surface area contributed by atoms with Gasteiger partial charge in [0.15, 0.2) is 0 Å². The molecule has 0 saturated carbocycles. The lowest BCUT2D eigenvalue weighted by Gasteiger charge is -2.33. The number of esters is 1. The summed E-state index contributed by atoms with van der Waals surface area (Å²) in [6, 6.07) is 8.34. The number of hydrogen-bond donors (Lipinski definition) is 1. The molecule has 6 nitrogen and oxygen atoms in total. The average Bonchev–Trinajstić information content (AvgIpc) is 2.76. The molecule has 1 aliphatic rings. The lowest BCUT2D eigenvalue weighted by Crippen LogP contribution is -2.44. The Hall–Kier alpha value is -2.91. The van der Waals surface area contributed by atoms with Gasteiger partial charge in [-0.15, -0.1) is 0 Å². The van der Waals surface area contributed by atoms with E-state index in [9.17, 15) is 22.8 Å². The number of carbonyl (C=O) groups is 2. The number of likely N-dealkylation sites (N-methyl/N-ethyl adjacent to an activating group) is 1. The number of carbonyl (C=O) groups excluding carboxylic acids is 2. The second kappa shape index (κ2) is 10.4. The van der Waals surface area contributed by atoms with E-state index in [4.69, 9.17) is 4.74 Å². The zero-order chi connectivity index (χ0) is 24.2. The maximum Gasteiger partial charge on any atom is 0.416 e. The number of hydrogen-bond acceptors (Lipinski definition) is 5. The van der Waals surface area contributed by atoms with Gasteiger partial charge >= 0.3 is 12.1 Å². The van der Waals surface area contributed by atoms with Crippen molar-refractivity contribution >= 4 is 17.6 Å². The Morgan fingerprint density at radius 1 is 1.06 bits per heavy atom. The molecule has 9 heteroatoms. The van der Waals surface area contributed by atoms with Gasteiger partial charge in [0.2, 0.25) is 0 Å². The number of nitrogens with zero attached hydrogens (tertiary/aromatic N) is 2. The second-order valence-electron chi connectivity index (χ2n) is 8.15. The van der Waals surface area contributed by atoms with Crippen LogP contribution < -0.4 is 5.32 Å². The lowest BCUT2D eigenvalue weighted by atomic mass is 10.0. The van der Waals surface area contributed by atoms with Gasteiger partial charge in [-0.3, -0.25) is 9.69 Å². The summed E-state index contributed by atoms with van der Waals surface area (Å²) in [5.74, 6) is -1.22. The summed E-state index contributed by atoms with van der Waals surface area (Å²) in [7, 11) is 1.98. The van der Waals surface area contributed by atoms with Crippen molar-refractivity contribution in [2.24, 2.45) is 0 Å². The van der Waals surface area contributed by atoms with E-state index in [-0.39, 0.29) is 29.8 Å². The number of anilines is 1. The van der Waals surface area contributed by atoms with E-state index in [1.807, 2.05) is 11.9 Å². The molecule has 0 aliphatic carbocycles. The third kappa shape index (κ3) is 6.33. The second-order valence-corrected chi connectivity index (χ2v) is 8.15. The fourth-order valence-corrected chi connectivity index (χ4v) is 3.70. The molecule has 0 bridgehead atoms. The van der Waals surface area contributed by atoms with Crippen molar-refractivity contribution in [2.45, 2.75) is 26.6 Å². The van der Waals surface area contributed by atoms with E-state index in [1.165, 1.54) is 18.2 Å². The number of ether oxygens (including phenoxy) is 1. The number of halogens is 3. The molecule has 0 spiro atoms. The van der Waals surface area contributed by atoms with Crippen molar-refractivity contribution in [1.82, 2.24) is 9.80 Å². The summed E-state index contributed by atoms with van der Waals surface area (Å²) in [5, 5.41) is 2.58. The minimum atomic E-state index is -4.58. The number of piperazine rings is 1. The van der Waals surface area contributed by atoms with E-state index < -0.39 is 23.6 Å². The normalized spacial score (nSPS) is 15.3. The van der Waals surface area contributed by atoms with Crippen LogP contribution in [0.3, 0.4) is 0 Å². The van der Waals surface area contributed by atoms with Crippen molar-refractivity contribution in [3.63, 3.8) is 0 Å². The maximum absolute atomic E-state index is 13.8. The highest BCUT2D eigenvalue weighted by atomic mass is 19.4. The summed E-state index contributed by atoms with van der Waals surface area (Å²) >= 11 is 0. The molecule has 1 saturated heterocycles. The van der Waals surface area contributed by atoms with Gasteiger partial charge in [-0.1, -0.05) is 12.1 Å². The van der Waals surface area contributed by atoms with Gasteiger partial charge in [-0.25, -0.2) is 4.79 Å². The fourth-order valence-electron chi connectivity index (χ4n) is 3.70. The molecular formula is C24H28F3N3O3. The van der Waals surface area contributed by atoms with Crippen LogP contribution in [0.4, 0.5) is 18.9 Å². The predicted molar refractivity (Wildman–Crippen MR) is 119 cm³/mol. The molecule has 1 aliphatic heterocycles. The predicted octanol–water partition coefficient (Wildman–Crippen LogP) is 4.19. The summed E-state index contributed by atoms with van der Waals surface area (Å²) in [6.07, 6.45) is -4.58. The molecule has 0 radical (unpaired) electrons. The topological polar surface area (TPSA) is 61.9 Å². The van der Waals surface area contributed by atoms with Crippen LogP contribution in [0.1, 0.15) is 44.3 Å². The molecule has 178 valence electrons. The monoisotopic (exact) mass is 463 g/mol. The van der Waals surface area contributed by atoms with Gasteiger partial charge in [-0.05, 0) is 56.3 Å². The first-order valence-electron chi connectivity index (χ1n) is 10.8. The Balaban J connectivity index is 1.81. The average molecular weight is 464 g/mol. The molecule has 0 aromatic heterocycles. The third-order valence-electron chi connectivity index (χ3n) is 5.66. The molecular weight excluding hydrogens is 435 g/mol. The standard InChI is InChI=1S/C24H28F3N3O3/c1-4-33-23(32)20-14-19(8-5-16(20)2)28-22(31)17-6-7-18(21(13-17)24(25,26)27)15-30-11-9-29(3)10-12-30/h5-8,13-14H,4,9-12,15H2,1-3H3,(H,28,31).